The van der Waals surface area contributed by atoms with Crippen LogP contribution in [0.3, 0.4) is 0 Å². The van der Waals surface area contributed by atoms with E-state index in [1.807, 2.05) is 0 Å². The Morgan fingerprint density at radius 2 is 2.23 bits per heavy atom. The minimum Gasteiger partial charge on any atom is -0.481 e. The van der Waals surface area contributed by atoms with Gasteiger partial charge in [0.05, 0.1) is 0 Å². The summed E-state index contributed by atoms with van der Waals surface area (Å²) in [6.07, 6.45) is 3.41. The number of anilines is 1. The van der Waals surface area contributed by atoms with Crippen molar-refractivity contribution in [2.75, 3.05) is 31.6 Å². The molecular formula is C18H26N2O2. The van der Waals surface area contributed by atoms with E-state index in [0.717, 1.165) is 26.1 Å². The molecule has 1 fully saturated rings. The fourth-order valence-electron chi connectivity index (χ4n) is 4.10. The van der Waals surface area contributed by atoms with Gasteiger partial charge in [0.1, 0.15) is 0 Å². The summed E-state index contributed by atoms with van der Waals surface area (Å²) in [5, 5.41) is 8.91. The average Bonchev–Trinajstić information content (AvgIpc) is 2.61. The zero-order valence-corrected chi connectivity index (χ0v) is 13.6. The number of carboxylic acids is 1. The van der Waals surface area contributed by atoms with Crippen molar-refractivity contribution >= 4 is 11.7 Å². The Morgan fingerprint density at radius 1 is 1.41 bits per heavy atom. The first-order valence-electron chi connectivity index (χ1n) is 8.34. The Bertz CT molecular complexity index is 558. The van der Waals surface area contributed by atoms with E-state index >= 15 is 0 Å². The quantitative estimate of drug-likeness (QED) is 0.929. The molecule has 3 rings (SSSR count). The number of rotatable bonds is 4. The third-order valence-corrected chi connectivity index (χ3v) is 5.09. The molecule has 22 heavy (non-hydrogen) atoms. The van der Waals surface area contributed by atoms with E-state index in [1.165, 1.54) is 29.7 Å². The number of likely N-dealkylation sites (tertiary alicyclic amines) is 1. The van der Waals surface area contributed by atoms with Crippen LogP contribution in [0.2, 0.25) is 0 Å². The second-order valence-corrected chi connectivity index (χ2v) is 6.83. The molecule has 0 spiro atoms. The highest BCUT2D eigenvalue weighted by atomic mass is 16.4. The van der Waals surface area contributed by atoms with Crippen LogP contribution in [0.25, 0.3) is 0 Å². The van der Waals surface area contributed by atoms with Gasteiger partial charge in [0.2, 0.25) is 0 Å². The Hall–Kier alpha value is -1.55. The van der Waals surface area contributed by atoms with Crippen molar-refractivity contribution in [1.29, 1.82) is 0 Å². The Balaban J connectivity index is 1.87. The van der Waals surface area contributed by atoms with E-state index in [4.69, 9.17) is 5.11 Å². The Kier molecular flexibility index (Phi) is 4.39. The number of nitrogens with zero attached hydrogens (tertiary/aromatic N) is 2. The lowest BCUT2D eigenvalue weighted by Gasteiger charge is -2.29. The van der Waals surface area contributed by atoms with Gasteiger partial charge in [0.15, 0.2) is 0 Å². The molecule has 0 saturated carbocycles. The standard InChI is InChI=1S/C18H26N2O2/c1-13-7-8-17-14(11-13)15-12-19(2)9-3-5-16(15)20(17)10-4-6-18(21)22/h7-8,11,15-16H,3-6,9-10,12H2,1-2H3,(H,21,22)/t15?,16-/m0/s1. The molecule has 4 nitrogen and oxygen atoms in total. The van der Waals surface area contributed by atoms with Crippen LogP contribution < -0.4 is 4.90 Å². The highest BCUT2D eigenvalue weighted by Gasteiger charge is 2.39. The van der Waals surface area contributed by atoms with Gasteiger partial charge in [-0.15, -0.1) is 0 Å². The highest BCUT2D eigenvalue weighted by Crippen LogP contribution is 2.44. The molecule has 1 unspecified atom stereocenters. The van der Waals surface area contributed by atoms with Crippen LogP contribution in [0.1, 0.15) is 42.7 Å². The molecule has 0 amide bonds. The molecule has 2 aliphatic heterocycles. The van der Waals surface area contributed by atoms with Crippen LogP contribution in [0.5, 0.6) is 0 Å². The number of carbonyl (C=O) groups is 1. The summed E-state index contributed by atoms with van der Waals surface area (Å²) < 4.78 is 0. The molecule has 120 valence electrons. The number of hydrogen-bond acceptors (Lipinski definition) is 3. The van der Waals surface area contributed by atoms with Crippen LogP contribution in [-0.2, 0) is 4.79 Å². The van der Waals surface area contributed by atoms with Crippen molar-refractivity contribution in [3.05, 3.63) is 29.3 Å². The predicted octanol–water partition coefficient (Wildman–Crippen LogP) is 2.86. The van der Waals surface area contributed by atoms with Gasteiger partial charge in [-0.05, 0) is 51.4 Å². The fourth-order valence-corrected chi connectivity index (χ4v) is 4.10. The first-order valence-corrected chi connectivity index (χ1v) is 8.34. The van der Waals surface area contributed by atoms with Crippen LogP contribution in [0, 0.1) is 6.92 Å². The minimum atomic E-state index is -0.694. The molecule has 0 aromatic heterocycles. The van der Waals surface area contributed by atoms with E-state index in [1.54, 1.807) is 0 Å². The molecule has 4 heteroatoms. The van der Waals surface area contributed by atoms with Crippen molar-refractivity contribution in [2.24, 2.45) is 0 Å². The largest absolute Gasteiger partial charge is 0.481 e. The van der Waals surface area contributed by atoms with E-state index in [9.17, 15) is 4.79 Å². The number of benzene rings is 1. The van der Waals surface area contributed by atoms with Gasteiger partial charge in [-0.2, -0.15) is 0 Å². The van der Waals surface area contributed by atoms with E-state index < -0.39 is 5.97 Å². The molecule has 0 radical (unpaired) electrons. The number of fused-ring (bicyclic) bond motifs is 3. The van der Waals surface area contributed by atoms with Crippen molar-refractivity contribution < 1.29 is 9.90 Å². The van der Waals surface area contributed by atoms with Gasteiger partial charge in [-0.3, -0.25) is 4.79 Å². The summed E-state index contributed by atoms with van der Waals surface area (Å²) in [5.74, 6) is -0.132. The Labute approximate surface area is 132 Å². The molecule has 0 bridgehead atoms. The van der Waals surface area contributed by atoms with Crippen LogP contribution >= 0.6 is 0 Å². The summed E-state index contributed by atoms with van der Waals surface area (Å²) in [4.78, 5) is 15.7. The lowest BCUT2D eigenvalue weighted by molar-refractivity contribution is -0.137. The summed E-state index contributed by atoms with van der Waals surface area (Å²) in [5.41, 5.74) is 4.12. The summed E-state index contributed by atoms with van der Waals surface area (Å²) in [6, 6.07) is 7.29. The van der Waals surface area contributed by atoms with Gasteiger partial charge in [0.25, 0.3) is 0 Å². The maximum atomic E-state index is 10.8. The number of hydrogen-bond donors (Lipinski definition) is 1. The third kappa shape index (κ3) is 2.98. The molecule has 1 N–H and O–H groups in total. The van der Waals surface area contributed by atoms with Gasteiger partial charge in [-0.1, -0.05) is 17.7 Å². The first kappa shape index (κ1) is 15.3. The van der Waals surface area contributed by atoms with Crippen LogP contribution in [-0.4, -0.2) is 48.7 Å². The number of carboxylic acid groups (broad SMARTS) is 1. The molecular weight excluding hydrogens is 276 g/mol. The molecule has 0 aliphatic carbocycles. The second-order valence-electron chi connectivity index (χ2n) is 6.83. The Morgan fingerprint density at radius 3 is 3.00 bits per heavy atom. The molecule has 1 aromatic rings. The van der Waals surface area contributed by atoms with Gasteiger partial charge >= 0.3 is 5.97 Å². The van der Waals surface area contributed by atoms with Crippen molar-refractivity contribution in [2.45, 2.75) is 44.6 Å². The summed E-state index contributed by atoms with van der Waals surface area (Å²) in [6.45, 7) is 5.28. The number of aryl methyl sites for hydroxylation is 1. The maximum Gasteiger partial charge on any atom is 0.303 e. The summed E-state index contributed by atoms with van der Waals surface area (Å²) >= 11 is 0. The average molecular weight is 302 g/mol. The lowest BCUT2D eigenvalue weighted by atomic mass is 9.92. The second kappa shape index (κ2) is 6.29. The van der Waals surface area contributed by atoms with Crippen LogP contribution in [0.15, 0.2) is 18.2 Å². The zero-order valence-electron chi connectivity index (χ0n) is 13.6. The lowest BCUT2D eigenvalue weighted by Crippen LogP contribution is -2.36. The van der Waals surface area contributed by atoms with Crippen molar-refractivity contribution in [1.82, 2.24) is 4.90 Å². The van der Waals surface area contributed by atoms with E-state index in [-0.39, 0.29) is 6.42 Å². The highest BCUT2D eigenvalue weighted by molar-refractivity contribution is 5.67. The maximum absolute atomic E-state index is 10.8. The van der Waals surface area contributed by atoms with Crippen LogP contribution in [0.4, 0.5) is 5.69 Å². The van der Waals surface area contributed by atoms with Crippen molar-refractivity contribution in [3.8, 4) is 0 Å². The third-order valence-electron chi connectivity index (χ3n) is 5.09. The monoisotopic (exact) mass is 302 g/mol. The van der Waals surface area contributed by atoms with Gasteiger partial charge in [-0.25, -0.2) is 0 Å². The predicted molar refractivity (Wildman–Crippen MR) is 88.7 cm³/mol. The van der Waals surface area contributed by atoms with E-state index in [0.29, 0.717) is 12.0 Å². The number of likely N-dealkylation sites (N-methyl/N-ethyl adjacent to an activating group) is 1. The molecule has 2 atom stereocenters. The first-order chi connectivity index (χ1) is 10.6. The smallest absolute Gasteiger partial charge is 0.303 e. The van der Waals surface area contributed by atoms with Gasteiger partial charge in [0, 0.05) is 37.2 Å². The molecule has 2 aliphatic rings. The SMILES string of the molecule is Cc1ccc2c(c1)C1CN(C)CCC[C@@H]1N2CCCC(=O)O. The van der Waals surface area contributed by atoms with E-state index in [2.05, 4.69) is 42.0 Å². The fraction of sp³-hybridized carbons (Fsp3) is 0.611. The number of aliphatic carboxylic acids is 1. The molecule has 1 aromatic carbocycles. The normalized spacial score (nSPS) is 24.7. The van der Waals surface area contributed by atoms with Gasteiger partial charge < -0.3 is 14.9 Å². The molecule has 1 saturated heterocycles. The molecule has 2 heterocycles. The topological polar surface area (TPSA) is 43.8 Å². The summed E-state index contributed by atoms with van der Waals surface area (Å²) in [7, 11) is 2.21. The van der Waals surface area contributed by atoms with Crippen molar-refractivity contribution in [3.63, 3.8) is 0 Å². The zero-order chi connectivity index (χ0) is 15.7. The minimum absolute atomic E-state index is 0.259.